The summed E-state index contributed by atoms with van der Waals surface area (Å²) in [4.78, 5) is 20.7. The molecule has 6 nitrogen and oxygen atoms in total. The van der Waals surface area contributed by atoms with Gasteiger partial charge in [-0.2, -0.15) is 4.98 Å². The van der Waals surface area contributed by atoms with Gasteiger partial charge in [0.05, 0.1) is 17.9 Å². The highest BCUT2D eigenvalue weighted by Crippen LogP contribution is 2.21. The minimum Gasteiger partial charge on any atom is -0.462 e. The predicted molar refractivity (Wildman–Crippen MR) is 106 cm³/mol. The fraction of sp³-hybridized carbons (Fsp3) is 0.150. The van der Waals surface area contributed by atoms with Gasteiger partial charge in [0.15, 0.2) is 0 Å². The van der Waals surface area contributed by atoms with Gasteiger partial charge in [-0.25, -0.2) is 9.78 Å². The SMILES string of the molecule is CCOC(=O)c1ccccc1Nc1ccnc(NCc2ccc(Cl)cc2)n1. The topological polar surface area (TPSA) is 76.1 Å². The van der Waals surface area contributed by atoms with Crippen LogP contribution in [-0.4, -0.2) is 22.5 Å². The van der Waals surface area contributed by atoms with Crippen molar-refractivity contribution < 1.29 is 9.53 Å². The van der Waals surface area contributed by atoms with Crippen LogP contribution >= 0.6 is 11.6 Å². The molecule has 0 atom stereocenters. The molecule has 138 valence electrons. The van der Waals surface area contributed by atoms with E-state index in [9.17, 15) is 4.79 Å². The standard InChI is InChI=1S/C20H19ClN4O2/c1-2-27-19(26)16-5-3-4-6-17(16)24-18-11-12-22-20(25-18)23-13-14-7-9-15(21)10-8-14/h3-12H,2,13H2,1H3,(H2,22,23,24,25). The van der Waals surface area contributed by atoms with Crippen molar-refractivity contribution in [2.45, 2.75) is 13.5 Å². The Kier molecular flexibility index (Phi) is 6.22. The van der Waals surface area contributed by atoms with Gasteiger partial charge in [-0.05, 0) is 42.8 Å². The van der Waals surface area contributed by atoms with Crippen molar-refractivity contribution in [2.24, 2.45) is 0 Å². The van der Waals surface area contributed by atoms with Gasteiger partial charge in [-0.1, -0.05) is 35.9 Å². The zero-order valence-corrected chi connectivity index (χ0v) is 15.5. The Morgan fingerprint density at radius 1 is 1.11 bits per heavy atom. The van der Waals surface area contributed by atoms with Gasteiger partial charge >= 0.3 is 5.97 Å². The average Bonchev–Trinajstić information content (AvgIpc) is 2.68. The molecule has 7 heteroatoms. The first-order chi connectivity index (χ1) is 13.2. The molecule has 2 aromatic carbocycles. The lowest BCUT2D eigenvalue weighted by molar-refractivity contribution is 0.0527. The van der Waals surface area contributed by atoms with Crippen molar-refractivity contribution in [1.82, 2.24) is 9.97 Å². The van der Waals surface area contributed by atoms with Gasteiger partial charge in [0, 0.05) is 17.8 Å². The summed E-state index contributed by atoms with van der Waals surface area (Å²) in [6.45, 7) is 2.66. The maximum absolute atomic E-state index is 12.1. The summed E-state index contributed by atoms with van der Waals surface area (Å²) in [5, 5.41) is 7.01. The Bertz CT molecular complexity index is 916. The lowest BCUT2D eigenvalue weighted by Crippen LogP contribution is -2.09. The molecule has 0 radical (unpaired) electrons. The predicted octanol–water partition coefficient (Wildman–Crippen LogP) is 4.66. The van der Waals surface area contributed by atoms with Gasteiger partial charge in [0.25, 0.3) is 0 Å². The van der Waals surface area contributed by atoms with E-state index in [4.69, 9.17) is 16.3 Å². The highest BCUT2D eigenvalue weighted by molar-refractivity contribution is 6.30. The second-order valence-corrected chi connectivity index (χ2v) is 6.07. The van der Waals surface area contributed by atoms with Crippen LogP contribution in [0.25, 0.3) is 0 Å². The van der Waals surface area contributed by atoms with E-state index < -0.39 is 0 Å². The van der Waals surface area contributed by atoms with Gasteiger partial charge in [-0.3, -0.25) is 0 Å². The molecule has 0 fully saturated rings. The van der Waals surface area contributed by atoms with Crippen molar-refractivity contribution in [3.05, 3.63) is 76.9 Å². The second kappa shape index (κ2) is 9.00. The number of anilines is 3. The van der Waals surface area contributed by atoms with Crippen LogP contribution in [0.4, 0.5) is 17.5 Å². The Balaban J connectivity index is 1.71. The summed E-state index contributed by atoms with van der Waals surface area (Å²) in [6, 6.07) is 16.4. The second-order valence-electron chi connectivity index (χ2n) is 5.64. The van der Waals surface area contributed by atoms with Crippen molar-refractivity contribution in [1.29, 1.82) is 0 Å². The monoisotopic (exact) mass is 382 g/mol. The van der Waals surface area contributed by atoms with E-state index >= 15 is 0 Å². The van der Waals surface area contributed by atoms with E-state index in [2.05, 4.69) is 20.6 Å². The van der Waals surface area contributed by atoms with E-state index in [1.165, 1.54) is 0 Å². The molecule has 0 aliphatic heterocycles. The molecule has 0 saturated carbocycles. The lowest BCUT2D eigenvalue weighted by Gasteiger charge is -2.11. The highest BCUT2D eigenvalue weighted by atomic mass is 35.5. The maximum atomic E-state index is 12.1. The van der Waals surface area contributed by atoms with Crippen molar-refractivity contribution in [3.8, 4) is 0 Å². The first-order valence-corrected chi connectivity index (χ1v) is 8.88. The van der Waals surface area contributed by atoms with Gasteiger partial charge in [0.1, 0.15) is 5.82 Å². The van der Waals surface area contributed by atoms with Crippen LogP contribution in [0.2, 0.25) is 5.02 Å². The number of hydrogen-bond acceptors (Lipinski definition) is 6. The van der Waals surface area contributed by atoms with Crippen molar-refractivity contribution in [2.75, 3.05) is 17.2 Å². The number of benzene rings is 2. The zero-order valence-electron chi connectivity index (χ0n) is 14.8. The molecule has 3 rings (SSSR count). The molecule has 0 bridgehead atoms. The average molecular weight is 383 g/mol. The zero-order chi connectivity index (χ0) is 19.1. The number of carbonyl (C=O) groups excluding carboxylic acids is 1. The molecule has 0 saturated heterocycles. The summed E-state index contributed by atoms with van der Waals surface area (Å²) in [6.07, 6.45) is 1.65. The summed E-state index contributed by atoms with van der Waals surface area (Å²) < 4.78 is 5.09. The largest absolute Gasteiger partial charge is 0.462 e. The molecule has 2 N–H and O–H groups in total. The minimum atomic E-state index is -0.379. The van der Waals surface area contributed by atoms with Crippen LogP contribution in [0, 0.1) is 0 Å². The third-order valence-electron chi connectivity index (χ3n) is 3.70. The number of aromatic nitrogens is 2. The Morgan fingerprint density at radius 2 is 1.89 bits per heavy atom. The van der Waals surface area contributed by atoms with Gasteiger partial charge < -0.3 is 15.4 Å². The van der Waals surface area contributed by atoms with Gasteiger partial charge in [-0.15, -0.1) is 0 Å². The van der Waals surface area contributed by atoms with Crippen LogP contribution < -0.4 is 10.6 Å². The van der Waals surface area contributed by atoms with E-state index in [0.29, 0.717) is 41.2 Å². The number of halogens is 1. The number of rotatable bonds is 7. The minimum absolute atomic E-state index is 0.319. The summed E-state index contributed by atoms with van der Waals surface area (Å²) in [5.74, 6) is 0.666. The number of ether oxygens (including phenoxy) is 1. The molecule has 0 spiro atoms. The first-order valence-electron chi connectivity index (χ1n) is 8.50. The number of esters is 1. The highest BCUT2D eigenvalue weighted by Gasteiger charge is 2.12. The molecule has 1 heterocycles. The molecule has 1 aromatic heterocycles. The van der Waals surface area contributed by atoms with Crippen LogP contribution in [-0.2, 0) is 11.3 Å². The number of hydrogen-bond donors (Lipinski definition) is 2. The Hall–Kier alpha value is -3.12. The number of nitrogens with zero attached hydrogens (tertiary/aromatic N) is 2. The third-order valence-corrected chi connectivity index (χ3v) is 3.96. The molecule has 0 unspecified atom stereocenters. The van der Waals surface area contributed by atoms with E-state index in [-0.39, 0.29) is 5.97 Å². The molecule has 0 amide bonds. The van der Waals surface area contributed by atoms with Crippen molar-refractivity contribution in [3.63, 3.8) is 0 Å². The molecule has 0 aliphatic carbocycles. The summed E-state index contributed by atoms with van der Waals surface area (Å²) >= 11 is 5.90. The normalized spacial score (nSPS) is 10.3. The Labute approximate surface area is 162 Å². The first kappa shape index (κ1) is 18.7. The molecule has 3 aromatic rings. The number of para-hydroxylation sites is 1. The van der Waals surface area contributed by atoms with E-state index in [1.54, 1.807) is 37.4 Å². The summed E-state index contributed by atoms with van der Waals surface area (Å²) in [7, 11) is 0. The van der Waals surface area contributed by atoms with Crippen LogP contribution in [0.15, 0.2) is 60.8 Å². The van der Waals surface area contributed by atoms with E-state index in [1.807, 2.05) is 30.3 Å². The van der Waals surface area contributed by atoms with Crippen LogP contribution in [0.3, 0.4) is 0 Å². The molecule has 0 aliphatic rings. The van der Waals surface area contributed by atoms with Crippen molar-refractivity contribution >= 4 is 35.0 Å². The summed E-state index contributed by atoms with van der Waals surface area (Å²) in [5.41, 5.74) is 2.14. The fourth-order valence-electron chi connectivity index (χ4n) is 2.41. The Morgan fingerprint density at radius 3 is 2.67 bits per heavy atom. The lowest BCUT2D eigenvalue weighted by atomic mass is 10.2. The number of carbonyl (C=O) groups is 1. The third kappa shape index (κ3) is 5.18. The van der Waals surface area contributed by atoms with Crippen LogP contribution in [0.1, 0.15) is 22.8 Å². The van der Waals surface area contributed by atoms with E-state index in [0.717, 1.165) is 5.56 Å². The molecule has 27 heavy (non-hydrogen) atoms. The van der Waals surface area contributed by atoms with Gasteiger partial charge in [0.2, 0.25) is 5.95 Å². The molecular formula is C20H19ClN4O2. The van der Waals surface area contributed by atoms with Crippen LogP contribution in [0.5, 0.6) is 0 Å². The molecular weight excluding hydrogens is 364 g/mol. The number of nitrogens with one attached hydrogen (secondary N) is 2. The quantitative estimate of drug-likeness (QED) is 0.578. The smallest absolute Gasteiger partial charge is 0.340 e. The maximum Gasteiger partial charge on any atom is 0.340 e. The fourth-order valence-corrected chi connectivity index (χ4v) is 2.54.